The van der Waals surface area contributed by atoms with Crippen LogP contribution in [0.5, 0.6) is 0 Å². The number of aromatic nitrogens is 2. The molecule has 6 nitrogen and oxygen atoms in total. The minimum atomic E-state index is 0.762. The average molecular weight is 1340 g/mol. The van der Waals surface area contributed by atoms with E-state index in [-0.39, 0.29) is 0 Å². The smallest absolute Gasteiger partial charge is 0.137 e. The van der Waals surface area contributed by atoms with E-state index in [0.717, 1.165) is 109 Å². The Kier molecular flexibility index (Phi) is 17.9. The van der Waals surface area contributed by atoms with E-state index in [1.165, 1.54) is 139 Å². The number of para-hydroxylation sites is 3. The van der Waals surface area contributed by atoms with Gasteiger partial charge in [0.25, 0.3) is 0 Å². The first kappa shape index (κ1) is 64.0. The molecule has 0 aliphatic heterocycles. The van der Waals surface area contributed by atoms with Gasteiger partial charge in [0.05, 0.1) is 5.69 Å². The van der Waals surface area contributed by atoms with Crippen molar-refractivity contribution in [2.75, 3.05) is 14.7 Å². The van der Waals surface area contributed by atoms with Crippen molar-refractivity contribution in [3.8, 4) is 33.4 Å². The Balaban J connectivity index is 0.000000122. The Hall–Kier alpha value is -11.1. The first-order valence-corrected chi connectivity index (χ1v) is 37.9. The summed E-state index contributed by atoms with van der Waals surface area (Å²) < 4.78 is 6.20. The SMILES string of the molecule is c1ccc(-c2ccc(-c3ccc(N(c4ccc(-c5ccc(C6CC7CCC6C7)cc5)cc4)c4ccc5oc6ccccc6c5c4)cc3)cc2)cc1.c1ccc(N(c2ccccc2)c2ccc(C3CC4CCC3C4)cc2)cc1.c1ccc(N(c2ccncc2)c2ccc(C3CC4CCC3C4)cc2)nc1. The highest BCUT2D eigenvalue weighted by atomic mass is 16.3. The topological polar surface area (TPSA) is 48.6 Å². The highest BCUT2D eigenvalue weighted by Gasteiger charge is 2.42. The maximum Gasteiger partial charge on any atom is 0.137 e. The van der Waals surface area contributed by atoms with Crippen molar-refractivity contribution in [1.82, 2.24) is 9.97 Å². The highest BCUT2D eigenvalue weighted by molar-refractivity contribution is 6.06. The number of furan rings is 1. The Morgan fingerprint density at radius 3 is 1.05 bits per heavy atom. The number of fused-ring (bicyclic) bond motifs is 9. The molecule has 0 spiro atoms. The molecule has 6 saturated carbocycles. The maximum absolute atomic E-state index is 6.20. The van der Waals surface area contributed by atoms with Crippen LogP contribution < -0.4 is 14.7 Å². The van der Waals surface area contributed by atoms with Crippen molar-refractivity contribution in [3.05, 3.63) is 345 Å². The van der Waals surface area contributed by atoms with E-state index in [1.54, 1.807) is 5.56 Å². The fraction of sp³-hybridized carbons (Fsp3) is 0.216. The number of rotatable bonds is 15. The molecule has 506 valence electrons. The summed E-state index contributed by atoms with van der Waals surface area (Å²) in [6.45, 7) is 0. The van der Waals surface area contributed by atoms with Crippen molar-refractivity contribution >= 4 is 73.3 Å². The van der Waals surface area contributed by atoms with E-state index in [4.69, 9.17) is 4.42 Å². The fourth-order valence-electron chi connectivity index (χ4n) is 19.0. The molecular weight excluding hydrogens is 1250 g/mol. The van der Waals surface area contributed by atoms with Gasteiger partial charge in [0, 0.05) is 69.2 Å². The van der Waals surface area contributed by atoms with Gasteiger partial charge in [-0.2, -0.15) is 0 Å². The molecule has 9 unspecified atom stereocenters. The number of anilines is 9. The Labute approximate surface area is 607 Å². The Morgan fingerprint density at radius 1 is 0.252 bits per heavy atom. The molecule has 6 fully saturated rings. The van der Waals surface area contributed by atoms with Crippen LogP contribution in [0.25, 0.3) is 55.3 Å². The molecule has 6 heteroatoms. The highest BCUT2D eigenvalue weighted by Crippen LogP contribution is 2.56. The van der Waals surface area contributed by atoms with E-state index < -0.39 is 0 Å². The molecule has 6 aliphatic carbocycles. The lowest BCUT2D eigenvalue weighted by molar-refractivity contribution is 0.420. The van der Waals surface area contributed by atoms with Crippen LogP contribution in [0.4, 0.5) is 51.3 Å². The van der Waals surface area contributed by atoms with Gasteiger partial charge < -0.3 is 14.2 Å². The lowest BCUT2D eigenvalue weighted by Gasteiger charge is -2.27. The summed E-state index contributed by atoms with van der Waals surface area (Å²) in [4.78, 5) is 15.6. The molecule has 103 heavy (non-hydrogen) atoms. The first-order valence-electron chi connectivity index (χ1n) is 37.9. The van der Waals surface area contributed by atoms with Crippen LogP contribution >= 0.6 is 0 Å². The van der Waals surface area contributed by atoms with E-state index >= 15 is 0 Å². The van der Waals surface area contributed by atoms with Gasteiger partial charge in [0.1, 0.15) is 17.0 Å². The van der Waals surface area contributed by atoms with Crippen LogP contribution in [0.3, 0.4) is 0 Å². The van der Waals surface area contributed by atoms with Gasteiger partial charge in [-0.1, -0.05) is 207 Å². The lowest BCUT2D eigenvalue weighted by atomic mass is 9.83. The quantitative estimate of drug-likeness (QED) is 0.102. The third-order valence-electron chi connectivity index (χ3n) is 24.1. The first-order chi connectivity index (χ1) is 51.0. The van der Waals surface area contributed by atoms with Gasteiger partial charge in [-0.25, -0.2) is 4.98 Å². The monoisotopic (exact) mass is 1340 g/mol. The molecule has 0 radical (unpaired) electrons. The van der Waals surface area contributed by atoms with E-state index in [2.05, 4.69) is 292 Å². The predicted molar refractivity (Wildman–Crippen MR) is 427 cm³/mol. The van der Waals surface area contributed by atoms with Crippen LogP contribution in [0.15, 0.2) is 332 Å². The normalized spacial score (nSPS) is 21.0. The second-order valence-electron chi connectivity index (χ2n) is 30.0. The molecule has 9 atom stereocenters. The Bertz CT molecular complexity index is 4900. The van der Waals surface area contributed by atoms with Gasteiger partial charge >= 0.3 is 0 Å². The maximum atomic E-state index is 6.20. The number of benzene rings is 11. The molecule has 6 aliphatic rings. The average Bonchev–Trinajstić information content (AvgIpc) is 1.66. The summed E-state index contributed by atoms with van der Waals surface area (Å²) in [6.07, 6.45) is 22.7. The molecule has 11 aromatic carbocycles. The molecular formula is C97H87N5O. The van der Waals surface area contributed by atoms with Gasteiger partial charge in [0.2, 0.25) is 0 Å². The number of nitrogens with zero attached hydrogens (tertiary/aromatic N) is 5. The van der Waals surface area contributed by atoms with E-state index in [1.807, 2.05) is 61.1 Å². The third-order valence-corrected chi connectivity index (χ3v) is 24.1. The van der Waals surface area contributed by atoms with Gasteiger partial charge in [0.15, 0.2) is 0 Å². The minimum absolute atomic E-state index is 0.762. The van der Waals surface area contributed by atoms with Crippen LogP contribution in [0, 0.1) is 35.5 Å². The predicted octanol–water partition coefficient (Wildman–Crippen LogP) is 26.9. The summed E-state index contributed by atoms with van der Waals surface area (Å²) in [5.74, 6) is 8.94. The summed E-state index contributed by atoms with van der Waals surface area (Å²) in [6, 6.07) is 112. The van der Waals surface area contributed by atoms with Crippen LogP contribution in [-0.2, 0) is 0 Å². The standard InChI is InChI=1S/C49H39NO.C25H25N.C23H23N3/c1-2-6-34(7-3-1)35-12-14-36(15-13-35)38-20-24-42(25-21-38)50(44-28-29-49-47(32-44)45-8-4-5-9-48(45)51-49)43-26-22-39(23-27-43)37-16-18-40(19-17-37)46-31-33-10-11-41(46)30-33;1-3-7-22(8-4-1)26(23-9-5-2-6-10-23)24-15-13-20(14-16-24)25-18-19-11-12-21(25)17-19;1-2-12-25-23(3-1)26(21-10-13-24-14-11-21)20-8-6-18(7-9-20)22-16-17-4-5-19(22)15-17/h1-9,12-29,32-33,41,46H,10-11,30-31H2;1-10,13-16,19,21,25H,11-12,17-18H2;1-3,6-14,17,19,22H,4-5,15-16H2. The molecule has 3 aromatic heterocycles. The molecule has 0 saturated heterocycles. The summed E-state index contributed by atoms with van der Waals surface area (Å²) >= 11 is 0. The fourth-order valence-corrected chi connectivity index (χ4v) is 19.0. The van der Waals surface area contributed by atoms with Crippen LogP contribution in [-0.4, -0.2) is 9.97 Å². The zero-order valence-electron chi connectivity index (χ0n) is 58.5. The zero-order valence-corrected chi connectivity index (χ0v) is 58.5. The lowest BCUT2D eigenvalue weighted by Crippen LogP contribution is -2.12. The second kappa shape index (κ2) is 28.7. The molecule has 14 aromatic rings. The molecule has 6 bridgehead atoms. The molecule has 3 heterocycles. The second-order valence-corrected chi connectivity index (χ2v) is 30.0. The van der Waals surface area contributed by atoms with Crippen molar-refractivity contribution in [3.63, 3.8) is 0 Å². The van der Waals surface area contributed by atoms with E-state index in [9.17, 15) is 0 Å². The molecule has 20 rings (SSSR count). The summed E-state index contributed by atoms with van der Waals surface area (Å²) in [7, 11) is 0. The van der Waals surface area contributed by atoms with Crippen LogP contribution in [0.2, 0.25) is 0 Å². The van der Waals surface area contributed by atoms with Gasteiger partial charge in [-0.3, -0.25) is 9.88 Å². The number of pyridine rings is 2. The summed E-state index contributed by atoms with van der Waals surface area (Å²) in [5.41, 5.74) is 22.9. The van der Waals surface area contributed by atoms with Gasteiger partial charge in [-0.05, 0) is 282 Å². The van der Waals surface area contributed by atoms with Crippen LogP contribution in [0.1, 0.15) is 111 Å². The third kappa shape index (κ3) is 13.4. The van der Waals surface area contributed by atoms with Crippen molar-refractivity contribution in [1.29, 1.82) is 0 Å². The van der Waals surface area contributed by atoms with Crippen molar-refractivity contribution in [2.24, 2.45) is 35.5 Å². The largest absolute Gasteiger partial charge is 0.456 e. The minimum Gasteiger partial charge on any atom is -0.456 e. The Morgan fingerprint density at radius 2 is 0.602 bits per heavy atom. The van der Waals surface area contributed by atoms with E-state index in [0.29, 0.717) is 0 Å². The number of hydrogen-bond acceptors (Lipinski definition) is 6. The zero-order chi connectivity index (χ0) is 68.4. The van der Waals surface area contributed by atoms with Gasteiger partial charge in [-0.15, -0.1) is 0 Å². The molecule has 0 amide bonds. The van der Waals surface area contributed by atoms with Crippen molar-refractivity contribution in [2.45, 2.75) is 94.8 Å². The molecule has 0 N–H and O–H groups in total. The number of hydrogen-bond donors (Lipinski definition) is 0. The summed E-state index contributed by atoms with van der Waals surface area (Å²) in [5, 5.41) is 2.25. The van der Waals surface area contributed by atoms with Crippen molar-refractivity contribution < 1.29 is 4.42 Å².